The lowest BCUT2D eigenvalue weighted by Crippen LogP contribution is -2.14. The molecule has 0 saturated heterocycles. The van der Waals surface area contributed by atoms with Gasteiger partial charge in [0, 0.05) is 41.1 Å². The highest BCUT2D eigenvalue weighted by Gasteiger charge is 2.28. The first-order chi connectivity index (χ1) is 14.9. The number of anilines is 3. The summed E-state index contributed by atoms with van der Waals surface area (Å²) in [7, 11) is -3.33. The van der Waals surface area contributed by atoms with Gasteiger partial charge in [-0.3, -0.25) is 9.52 Å². The number of H-pyrrole nitrogens is 1. The summed E-state index contributed by atoms with van der Waals surface area (Å²) < 4.78 is 26.9. The van der Waals surface area contributed by atoms with E-state index in [0.29, 0.717) is 29.4 Å². The van der Waals surface area contributed by atoms with E-state index >= 15 is 0 Å². The predicted molar refractivity (Wildman–Crippen MR) is 117 cm³/mol. The Morgan fingerprint density at radius 1 is 1.13 bits per heavy atom. The number of aromatic amines is 1. The molecule has 4 aromatic rings. The normalized spacial score (nSPS) is 15.7. The number of nitrogens with zero attached hydrogens (tertiary/aromatic N) is 4. The fraction of sp³-hybridized carbons (Fsp3) is 0.200. The quantitative estimate of drug-likeness (QED) is 0.435. The van der Waals surface area contributed by atoms with E-state index in [9.17, 15) is 13.2 Å². The molecule has 158 valence electrons. The molecule has 0 saturated carbocycles. The van der Waals surface area contributed by atoms with E-state index in [4.69, 9.17) is 0 Å². The highest BCUT2D eigenvalue weighted by atomic mass is 32.2. The molecule has 1 atom stereocenters. The fourth-order valence-electron chi connectivity index (χ4n) is 3.84. The van der Waals surface area contributed by atoms with Gasteiger partial charge < -0.3 is 10.3 Å². The third-order valence-electron chi connectivity index (χ3n) is 5.17. The van der Waals surface area contributed by atoms with Crippen LogP contribution in [0.3, 0.4) is 0 Å². The van der Waals surface area contributed by atoms with Crippen molar-refractivity contribution in [3.63, 3.8) is 0 Å². The zero-order valence-corrected chi connectivity index (χ0v) is 17.3. The van der Waals surface area contributed by atoms with Crippen LogP contribution in [0.2, 0.25) is 0 Å². The number of rotatable bonds is 5. The average molecular weight is 437 g/mol. The Bertz CT molecular complexity index is 1440. The molecule has 0 spiro atoms. The standard InChI is InChI=1S/C20H19N7O3S/c1-31(29,30)26-14-4-2-13(3-5-14)24-20-22-10-12-11-23-27(19(12)25-20)16-7-6-15-17(28)8-9-21-18(15)16/h2-5,8-11,16,26H,6-7H2,1H3,(H,21,28)(H,22,24,25). The minimum Gasteiger partial charge on any atom is -0.363 e. The molecule has 10 nitrogen and oxygen atoms in total. The second-order valence-corrected chi connectivity index (χ2v) is 9.18. The van der Waals surface area contributed by atoms with Crippen LogP contribution in [-0.2, 0) is 16.4 Å². The van der Waals surface area contributed by atoms with Crippen molar-refractivity contribution in [2.45, 2.75) is 18.9 Å². The van der Waals surface area contributed by atoms with Gasteiger partial charge in [0.25, 0.3) is 0 Å². The van der Waals surface area contributed by atoms with Gasteiger partial charge in [0.2, 0.25) is 16.0 Å². The average Bonchev–Trinajstić information content (AvgIpc) is 3.33. The van der Waals surface area contributed by atoms with Gasteiger partial charge in [0.1, 0.15) is 0 Å². The van der Waals surface area contributed by atoms with Crippen molar-refractivity contribution in [3.05, 3.63) is 70.4 Å². The molecule has 0 amide bonds. The Balaban J connectivity index is 1.44. The zero-order valence-electron chi connectivity index (χ0n) is 16.5. The van der Waals surface area contributed by atoms with Gasteiger partial charge in [-0.25, -0.2) is 18.1 Å². The molecule has 0 aliphatic heterocycles. The molecular formula is C20H19N7O3S. The molecule has 31 heavy (non-hydrogen) atoms. The third-order valence-corrected chi connectivity index (χ3v) is 5.78. The van der Waals surface area contributed by atoms with Crippen molar-refractivity contribution >= 4 is 38.4 Å². The van der Waals surface area contributed by atoms with E-state index in [0.717, 1.165) is 29.3 Å². The van der Waals surface area contributed by atoms with Crippen molar-refractivity contribution in [1.82, 2.24) is 24.7 Å². The minimum atomic E-state index is -3.33. The summed E-state index contributed by atoms with van der Waals surface area (Å²) in [5, 5.41) is 8.42. The van der Waals surface area contributed by atoms with E-state index in [-0.39, 0.29) is 11.5 Å². The molecule has 3 N–H and O–H groups in total. The second-order valence-electron chi connectivity index (χ2n) is 7.43. The molecule has 1 aromatic carbocycles. The summed E-state index contributed by atoms with van der Waals surface area (Å²) in [5.74, 6) is 0.387. The van der Waals surface area contributed by atoms with Crippen LogP contribution in [0.25, 0.3) is 11.0 Å². The molecular weight excluding hydrogens is 418 g/mol. The Labute approximate surface area is 177 Å². The summed E-state index contributed by atoms with van der Waals surface area (Å²) in [6, 6.07) is 8.22. The monoisotopic (exact) mass is 437 g/mol. The predicted octanol–water partition coefficient (Wildman–Crippen LogP) is 2.17. The lowest BCUT2D eigenvalue weighted by molar-refractivity contribution is 0.523. The molecule has 1 aliphatic rings. The SMILES string of the molecule is CS(=O)(=O)Nc1ccc(Nc2ncc3cnn(C4CCc5c4[nH]ccc5=O)c3n2)cc1. The molecule has 3 heterocycles. The number of hydrogen-bond acceptors (Lipinski definition) is 7. The van der Waals surface area contributed by atoms with Crippen LogP contribution in [0.4, 0.5) is 17.3 Å². The van der Waals surface area contributed by atoms with Crippen molar-refractivity contribution in [2.24, 2.45) is 0 Å². The molecule has 5 rings (SSSR count). The molecule has 11 heteroatoms. The van der Waals surface area contributed by atoms with Crippen LogP contribution in [-0.4, -0.2) is 39.4 Å². The minimum absolute atomic E-state index is 0.0403. The van der Waals surface area contributed by atoms with Crippen LogP contribution in [0.1, 0.15) is 23.7 Å². The first-order valence-electron chi connectivity index (χ1n) is 9.63. The number of benzene rings is 1. The van der Waals surface area contributed by atoms with E-state index in [2.05, 4.69) is 30.1 Å². The van der Waals surface area contributed by atoms with Crippen LogP contribution in [0.5, 0.6) is 0 Å². The smallest absolute Gasteiger partial charge is 0.229 e. The summed E-state index contributed by atoms with van der Waals surface area (Å²) in [4.78, 5) is 24.3. The maximum absolute atomic E-state index is 12.1. The van der Waals surface area contributed by atoms with Gasteiger partial charge >= 0.3 is 0 Å². The van der Waals surface area contributed by atoms with Crippen LogP contribution < -0.4 is 15.5 Å². The van der Waals surface area contributed by atoms with E-state index in [1.807, 2.05) is 4.68 Å². The highest BCUT2D eigenvalue weighted by Crippen LogP contribution is 2.32. The van der Waals surface area contributed by atoms with Crippen molar-refractivity contribution in [3.8, 4) is 0 Å². The maximum Gasteiger partial charge on any atom is 0.229 e. The Morgan fingerprint density at radius 2 is 1.90 bits per heavy atom. The maximum atomic E-state index is 12.1. The van der Waals surface area contributed by atoms with Crippen LogP contribution in [0, 0.1) is 0 Å². The Hall–Kier alpha value is -3.73. The lowest BCUT2D eigenvalue weighted by atomic mass is 10.2. The van der Waals surface area contributed by atoms with E-state index < -0.39 is 10.0 Å². The molecule has 0 bridgehead atoms. The van der Waals surface area contributed by atoms with E-state index in [1.165, 1.54) is 0 Å². The zero-order chi connectivity index (χ0) is 21.6. The van der Waals surface area contributed by atoms with Gasteiger partial charge in [-0.15, -0.1) is 0 Å². The second kappa shape index (κ2) is 7.20. The van der Waals surface area contributed by atoms with Gasteiger partial charge in [-0.1, -0.05) is 0 Å². The molecule has 1 unspecified atom stereocenters. The van der Waals surface area contributed by atoms with Crippen molar-refractivity contribution in [2.75, 3.05) is 16.3 Å². The first-order valence-corrected chi connectivity index (χ1v) is 11.5. The lowest BCUT2D eigenvalue weighted by Gasteiger charge is -2.13. The number of nitrogens with one attached hydrogen (secondary N) is 3. The summed E-state index contributed by atoms with van der Waals surface area (Å²) in [5.41, 5.74) is 3.55. The van der Waals surface area contributed by atoms with Crippen molar-refractivity contribution < 1.29 is 8.42 Å². The summed E-state index contributed by atoms with van der Waals surface area (Å²) in [6.07, 6.45) is 7.63. The number of hydrogen-bond donors (Lipinski definition) is 3. The molecule has 3 aromatic heterocycles. The molecule has 0 radical (unpaired) electrons. The molecule has 1 aliphatic carbocycles. The van der Waals surface area contributed by atoms with Crippen molar-refractivity contribution in [1.29, 1.82) is 0 Å². The van der Waals surface area contributed by atoms with Gasteiger partial charge in [0.05, 0.1) is 23.9 Å². The number of aromatic nitrogens is 5. The first kappa shape index (κ1) is 19.2. The van der Waals surface area contributed by atoms with Crippen LogP contribution >= 0.6 is 0 Å². The Morgan fingerprint density at radius 3 is 2.68 bits per heavy atom. The largest absolute Gasteiger partial charge is 0.363 e. The topological polar surface area (TPSA) is 135 Å². The number of pyridine rings is 1. The van der Waals surface area contributed by atoms with Gasteiger partial charge in [-0.05, 0) is 37.1 Å². The van der Waals surface area contributed by atoms with Gasteiger partial charge in [0.15, 0.2) is 11.1 Å². The highest BCUT2D eigenvalue weighted by molar-refractivity contribution is 7.92. The third kappa shape index (κ3) is 3.75. The number of sulfonamides is 1. The molecule has 0 fully saturated rings. The van der Waals surface area contributed by atoms with Gasteiger partial charge in [-0.2, -0.15) is 10.1 Å². The van der Waals surface area contributed by atoms with E-state index in [1.54, 1.807) is 48.9 Å². The Kier molecular flexibility index (Phi) is 4.47. The summed E-state index contributed by atoms with van der Waals surface area (Å²) in [6.45, 7) is 0. The fourth-order valence-corrected chi connectivity index (χ4v) is 4.41. The number of fused-ring (bicyclic) bond motifs is 2. The van der Waals surface area contributed by atoms with Crippen LogP contribution in [0.15, 0.2) is 53.7 Å². The summed E-state index contributed by atoms with van der Waals surface area (Å²) >= 11 is 0.